The maximum absolute atomic E-state index is 13.0. The molecule has 2 rings (SSSR count). The van der Waals surface area contributed by atoms with E-state index in [1.54, 1.807) is 0 Å². The predicted octanol–water partition coefficient (Wildman–Crippen LogP) is 1.95. The van der Waals surface area contributed by atoms with Crippen LogP contribution in [-0.4, -0.2) is 21.8 Å². The van der Waals surface area contributed by atoms with Crippen molar-refractivity contribution in [3.8, 4) is 0 Å². The number of sulfonamides is 1. The van der Waals surface area contributed by atoms with Gasteiger partial charge in [-0.2, -0.15) is 0 Å². The average molecular weight is 351 g/mol. The van der Waals surface area contributed by atoms with Gasteiger partial charge in [0.2, 0.25) is 0 Å². The molecule has 1 N–H and O–H groups in total. The van der Waals surface area contributed by atoms with E-state index in [0.717, 1.165) is 30.6 Å². The highest BCUT2D eigenvalue weighted by Gasteiger charge is 2.16. The molecule has 0 saturated heterocycles. The fraction of sp³-hybridized carbons (Fsp3) is 0. The molecule has 2 aromatic rings. The molecule has 0 amide bonds. The van der Waals surface area contributed by atoms with Crippen molar-refractivity contribution in [2.24, 2.45) is 0 Å². The third kappa shape index (κ3) is 3.90. The first-order valence-electron chi connectivity index (χ1n) is 5.36. The van der Waals surface area contributed by atoms with Crippen molar-refractivity contribution in [2.45, 2.75) is 9.79 Å². The molecule has 1 aromatic heterocycles. The summed E-state index contributed by atoms with van der Waals surface area (Å²) in [6.45, 7) is 0. The molecule has 112 valence electrons. The van der Waals surface area contributed by atoms with Gasteiger partial charge in [0.1, 0.15) is 10.7 Å². The molecule has 0 unspecified atom stereocenters. The first kappa shape index (κ1) is 15.7. The van der Waals surface area contributed by atoms with Crippen molar-refractivity contribution < 1.29 is 21.2 Å². The SMILES string of the molecule is O=S(=O)(Cl)c1ccc(NS(=O)(=O)c2cncc(F)c2)cc1. The van der Waals surface area contributed by atoms with E-state index >= 15 is 0 Å². The Balaban J connectivity index is 2.29. The number of pyridine rings is 1. The van der Waals surface area contributed by atoms with E-state index in [1.807, 2.05) is 0 Å². The minimum atomic E-state index is -4.02. The Labute approximate surface area is 125 Å². The van der Waals surface area contributed by atoms with Crippen LogP contribution in [0.25, 0.3) is 0 Å². The topological polar surface area (TPSA) is 93.2 Å². The summed E-state index contributed by atoms with van der Waals surface area (Å²) in [7, 11) is -2.76. The largest absolute Gasteiger partial charge is 0.280 e. The maximum Gasteiger partial charge on any atom is 0.263 e. The highest BCUT2D eigenvalue weighted by Crippen LogP contribution is 2.20. The Kier molecular flexibility index (Phi) is 4.17. The van der Waals surface area contributed by atoms with Crippen LogP contribution < -0.4 is 4.72 Å². The summed E-state index contributed by atoms with van der Waals surface area (Å²) >= 11 is 0. The van der Waals surface area contributed by atoms with Crippen molar-refractivity contribution in [3.05, 3.63) is 48.5 Å². The zero-order valence-corrected chi connectivity index (χ0v) is 12.6. The second kappa shape index (κ2) is 5.58. The average Bonchev–Trinajstić information content (AvgIpc) is 2.38. The second-order valence-corrected chi connectivity index (χ2v) is 8.15. The van der Waals surface area contributed by atoms with Crippen molar-refractivity contribution in [3.63, 3.8) is 0 Å². The Morgan fingerprint density at radius 2 is 1.62 bits per heavy atom. The van der Waals surface area contributed by atoms with Crippen molar-refractivity contribution in [2.75, 3.05) is 4.72 Å². The zero-order chi connectivity index (χ0) is 15.7. The number of nitrogens with one attached hydrogen (secondary N) is 1. The molecule has 0 spiro atoms. The summed E-state index contributed by atoms with van der Waals surface area (Å²) in [6.07, 6.45) is 1.86. The maximum atomic E-state index is 13.0. The van der Waals surface area contributed by atoms with Gasteiger partial charge < -0.3 is 0 Å². The van der Waals surface area contributed by atoms with E-state index in [1.165, 1.54) is 12.1 Å². The number of anilines is 1. The van der Waals surface area contributed by atoms with Gasteiger partial charge in [-0.3, -0.25) is 9.71 Å². The number of rotatable bonds is 4. The van der Waals surface area contributed by atoms with Crippen LogP contribution in [-0.2, 0) is 19.1 Å². The number of halogens is 2. The standard InChI is InChI=1S/C11H8ClFN2O4S2/c12-20(16,17)10-3-1-9(2-4-10)15-21(18,19)11-5-8(13)6-14-7-11/h1-7,15H. The molecule has 1 aromatic carbocycles. The Bertz CT molecular complexity index is 867. The molecule has 0 aliphatic heterocycles. The van der Waals surface area contributed by atoms with E-state index in [4.69, 9.17) is 10.7 Å². The summed E-state index contributed by atoms with van der Waals surface area (Å²) in [5.74, 6) is -0.790. The van der Waals surface area contributed by atoms with Crippen LogP contribution in [0.5, 0.6) is 0 Å². The fourth-order valence-corrected chi connectivity index (χ4v) is 3.24. The molecule has 6 nitrogen and oxygen atoms in total. The Hall–Kier alpha value is -1.71. The minimum absolute atomic E-state index is 0.100. The summed E-state index contributed by atoms with van der Waals surface area (Å²) in [5, 5.41) is 0. The van der Waals surface area contributed by atoms with E-state index in [-0.39, 0.29) is 15.5 Å². The summed E-state index contributed by atoms with van der Waals surface area (Å²) in [5.41, 5.74) is 0.100. The summed E-state index contributed by atoms with van der Waals surface area (Å²) < 4.78 is 61.2. The highest BCUT2D eigenvalue weighted by molar-refractivity contribution is 8.13. The fourth-order valence-electron chi connectivity index (χ4n) is 1.44. The lowest BCUT2D eigenvalue weighted by molar-refractivity contribution is 0.592. The van der Waals surface area contributed by atoms with Gasteiger partial charge in [0, 0.05) is 22.6 Å². The van der Waals surface area contributed by atoms with Gasteiger partial charge in [-0.15, -0.1) is 0 Å². The first-order valence-corrected chi connectivity index (χ1v) is 9.16. The van der Waals surface area contributed by atoms with E-state index < -0.39 is 24.9 Å². The smallest absolute Gasteiger partial charge is 0.263 e. The molecule has 0 aliphatic rings. The van der Waals surface area contributed by atoms with Gasteiger partial charge in [-0.25, -0.2) is 21.2 Å². The number of hydrogen-bond donors (Lipinski definition) is 1. The van der Waals surface area contributed by atoms with Crippen molar-refractivity contribution in [1.29, 1.82) is 0 Å². The molecule has 0 bridgehead atoms. The molecular formula is C11H8ClFN2O4S2. The van der Waals surface area contributed by atoms with Crippen LogP contribution in [0.4, 0.5) is 10.1 Å². The normalized spacial score (nSPS) is 12.1. The van der Waals surface area contributed by atoms with E-state index in [2.05, 4.69) is 9.71 Å². The number of benzene rings is 1. The zero-order valence-electron chi connectivity index (χ0n) is 10.2. The van der Waals surface area contributed by atoms with Crippen LogP contribution in [0.15, 0.2) is 52.5 Å². The van der Waals surface area contributed by atoms with Gasteiger partial charge in [0.05, 0.1) is 11.1 Å². The molecule has 10 heteroatoms. The van der Waals surface area contributed by atoms with Crippen LogP contribution in [0, 0.1) is 5.82 Å². The molecule has 1 heterocycles. The van der Waals surface area contributed by atoms with Gasteiger partial charge in [-0.1, -0.05) is 0 Å². The van der Waals surface area contributed by atoms with Gasteiger partial charge in [0.15, 0.2) is 0 Å². The van der Waals surface area contributed by atoms with Crippen LogP contribution >= 0.6 is 10.7 Å². The molecule has 0 atom stereocenters. The highest BCUT2D eigenvalue weighted by atomic mass is 35.7. The lowest BCUT2D eigenvalue weighted by Gasteiger charge is -2.08. The number of hydrogen-bond acceptors (Lipinski definition) is 5. The third-order valence-corrected chi connectivity index (χ3v) is 5.10. The minimum Gasteiger partial charge on any atom is -0.280 e. The van der Waals surface area contributed by atoms with Crippen LogP contribution in [0.2, 0.25) is 0 Å². The third-order valence-electron chi connectivity index (χ3n) is 2.38. The second-order valence-electron chi connectivity index (χ2n) is 3.91. The van der Waals surface area contributed by atoms with Gasteiger partial charge in [0.25, 0.3) is 19.1 Å². The molecule has 0 radical (unpaired) electrons. The van der Waals surface area contributed by atoms with E-state index in [0.29, 0.717) is 0 Å². The van der Waals surface area contributed by atoms with Crippen molar-refractivity contribution in [1.82, 2.24) is 4.98 Å². The van der Waals surface area contributed by atoms with Crippen LogP contribution in [0.1, 0.15) is 0 Å². The monoisotopic (exact) mass is 350 g/mol. The summed E-state index contributed by atoms with van der Waals surface area (Å²) in [6, 6.07) is 5.54. The Morgan fingerprint density at radius 3 is 2.14 bits per heavy atom. The van der Waals surface area contributed by atoms with Gasteiger partial charge in [-0.05, 0) is 30.3 Å². The Morgan fingerprint density at radius 1 is 1.00 bits per heavy atom. The van der Waals surface area contributed by atoms with Crippen molar-refractivity contribution >= 4 is 35.4 Å². The lowest BCUT2D eigenvalue weighted by Crippen LogP contribution is -2.13. The van der Waals surface area contributed by atoms with Crippen LogP contribution in [0.3, 0.4) is 0 Å². The quantitative estimate of drug-likeness (QED) is 0.851. The molecule has 0 saturated carbocycles. The predicted molar refractivity (Wildman–Crippen MR) is 74.5 cm³/mol. The van der Waals surface area contributed by atoms with E-state index in [9.17, 15) is 21.2 Å². The summed E-state index contributed by atoms with van der Waals surface area (Å²) in [4.78, 5) is 2.93. The molecule has 0 fully saturated rings. The lowest BCUT2D eigenvalue weighted by atomic mass is 10.3. The van der Waals surface area contributed by atoms with Gasteiger partial charge >= 0.3 is 0 Å². The molecule has 21 heavy (non-hydrogen) atoms. The number of aromatic nitrogens is 1. The molecule has 0 aliphatic carbocycles. The first-order chi connectivity index (χ1) is 9.68. The molecular weight excluding hydrogens is 343 g/mol. The number of nitrogens with zero attached hydrogens (tertiary/aromatic N) is 1.